The van der Waals surface area contributed by atoms with Crippen LogP contribution in [0.3, 0.4) is 0 Å². The Morgan fingerprint density at radius 3 is 2.61 bits per heavy atom. The molecule has 94 valence electrons. The molecule has 0 heterocycles. The molecule has 0 saturated heterocycles. The predicted octanol–water partition coefficient (Wildman–Crippen LogP) is 4.56. The van der Waals surface area contributed by atoms with Gasteiger partial charge < -0.3 is 5.32 Å². The largest absolute Gasteiger partial charge is 0.313 e. The molecule has 0 aromatic heterocycles. The molecule has 2 aromatic carbocycles. The molecule has 0 spiro atoms. The Hall–Kier alpha value is -0.390. The highest BCUT2D eigenvalue weighted by atomic mass is 127. The van der Waals surface area contributed by atoms with Crippen LogP contribution in [0, 0.1) is 3.57 Å². The Labute approximate surface area is 130 Å². The first-order valence-corrected chi connectivity index (χ1v) is 7.74. The van der Waals surface area contributed by atoms with Gasteiger partial charge in [0.1, 0.15) is 0 Å². The van der Waals surface area contributed by atoms with Crippen LogP contribution in [-0.2, 0) is 6.42 Å². The zero-order valence-electron chi connectivity index (χ0n) is 10.2. The Morgan fingerprint density at radius 1 is 1.17 bits per heavy atom. The lowest BCUT2D eigenvalue weighted by Crippen LogP contribution is -2.19. The number of rotatable bonds is 4. The van der Waals surface area contributed by atoms with Gasteiger partial charge in [-0.05, 0) is 65.4 Å². The van der Waals surface area contributed by atoms with E-state index in [1.165, 1.54) is 14.7 Å². The molecule has 1 atom stereocenters. The number of likely N-dealkylation sites (N-methyl/N-ethyl adjacent to an activating group) is 1. The van der Waals surface area contributed by atoms with E-state index in [4.69, 9.17) is 0 Å². The molecular weight excluding hydrogens is 401 g/mol. The zero-order valence-corrected chi connectivity index (χ0v) is 13.9. The van der Waals surface area contributed by atoms with E-state index in [9.17, 15) is 0 Å². The van der Waals surface area contributed by atoms with Crippen molar-refractivity contribution in [2.75, 3.05) is 7.05 Å². The Bertz CT molecular complexity index is 527. The summed E-state index contributed by atoms with van der Waals surface area (Å²) >= 11 is 5.92. The van der Waals surface area contributed by atoms with E-state index in [1.54, 1.807) is 0 Å². The third kappa shape index (κ3) is 3.56. The summed E-state index contributed by atoms with van der Waals surface area (Å²) in [6, 6.07) is 17.4. The summed E-state index contributed by atoms with van der Waals surface area (Å²) in [7, 11) is 2.02. The maximum atomic E-state index is 3.52. The van der Waals surface area contributed by atoms with Gasteiger partial charge in [0.25, 0.3) is 0 Å². The molecule has 0 bridgehead atoms. The minimum Gasteiger partial charge on any atom is -0.313 e. The average Bonchev–Trinajstić information content (AvgIpc) is 2.37. The van der Waals surface area contributed by atoms with Gasteiger partial charge in [-0.15, -0.1) is 0 Å². The standard InChI is InChI=1S/C15H15BrIN/c1-18-15(13-7-2-3-8-14(13)17)10-11-5-4-6-12(16)9-11/h2-9,15,18H,10H2,1H3. The molecule has 0 aliphatic carbocycles. The highest BCUT2D eigenvalue weighted by Gasteiger charge is 2.12. The fourth-order valence-corrected chi connectivity index (χ4v) is 3.23. The lowest BCUT2D eigenvalue weighted by Gasteiger charge is -2.18. The minimum atomic E-state index is 0.354. The van der Waals surface area contributed by atoms with E-state index >= 15 is 0 Å². The quantitative estimate of drug-likeness (QED) is 0.722. The lowest BCUT2D eigenvalue weighted by atomic mass is 9.99. The van der Waals surface area contributed by atoms with Crippen LogP contribution in [0.5, 0.6) is 0 Å². The van der Waals surface area contributed by atoms with Gasteiger partial charge in [0.2, 0.25) is 0 Å². The normalized spacial score (nSPS) is 12.4. The summed E-state index contributed by atoms with van der Waals surface area (Å²) in [4.78, 5) is 0. The van der Waals surface area contributed by atoms with Crippen molar-refractivity contribution in [2.24, 2.45) is 0 Å². The van der Waals surface area contributed by atoms with Crippen molar-refractivity contribution in [2.45, 2.75) is 12.5 Å². The average molecular weight is 416 g/mol. The van der Waals surface area contributed by atoms with Gasteiger partial charge >= 0.3 is 0 Å². The van der Waals surface area contributed by atoms with Gasteiger partial charge in [-0.25, -0.2) is 0 Å². The van der Waals surface area contributed by atoms with Crippen LogP contribution in [0.25, 0.3) is 0 Å². The van der Waals surface area contributed by atoms with Crippen molar-refractivity contribution >= 4 is 38.5 Å². The molecular formula is C15H15BrIN. The van der Waals surface area contributed by atoms with E-state index in [0.717, 1.165) is 10.9 Å². The van der Waals surface area contributed by atoms with E-state index in [0.29, 0.717) is 6.04 Å². The summed E-state index contributed by atoms with van der Waals surface area (Å²) in [5, 5.41) is 3.41. The molecule has 1 unspecified atom stereocenters. The Balaban J connectivity index is 2.23. The molecule has 3 heteroatoms. The first-order valence-electron chi connectivity index (χ1n) is 5.87. The van der Waals surface area contributed by atoms with Crippen molar-refractivity contribution in [1.29, 1.82) is 0 Å². The van der Waals surface area contributed by atoms with E-state index in [-0.39, 0.29) is 0 Å². The molecule has 0 saturated carbocycles. The molecule has 2 rings (SSSR count). The van der Waals surface area contributed by atoms with E-state index in [2.05, 4.69) is 92.4 Å². The number of benzene rings is 2. The molecule has 1 N–H and O–H groups in total. The van der Waals surface area contributed by atoms with Gasteiger partial charge in [-0.2, -0.15) is 0 Å². The molecule has 0 aliphatic rings. The number of nitrogens with one attached hydrogen (secondary N) is 1. The molecule has 0 radical (unpaired) electrons. The monoisotopic (exact) mass is 415 g/mol. The first-order chi connectivity index (χ1) is 8.70. The second-order valence-electron chi connectivity index (χ2n) is 4.20. The van der Waals surface area contributed by atoms with Crippen molar-refractivity contribution in [1.82, 2.24) is 5.32 Å². The van der Waals surface area contributed by atoms with Crippen LogP contribution in [-0.4, -0.2) is 7.05 Å². The molecule has 1 nitrogen and oxygen atoms in total. The first kappa shape index (κ1) is 14.0. The molecule has 18 heavy (non-hydrogen) atoms. The Morgan fingerprint density at radius 2 is 1.94 bits per heavy atom. The maximum Gasteiger partial charge on any atom is 0.0368 e. The van der Waals surface area contributed by atoms with Gasteiger partial charge in [0.15, 0.2) is 0 Å². The van der Waals surface area contributed by atoms with Gasteiger partial charge in [-0.1, -0.05) is 46.3 Å². The van der Waals surface area contributed by atoms with Gasteiger partial charge in [0, 0.05) is 14.1 Å². The van der Waals surface area contributed by atoms with E-state index < -0.39 is 0 Å². The fraction of sp³-hybridized carbons (Fsp3) is 0.200. The number of halogens is 2. The second kappa shape index (κ2) is 6.68. The number of hydrogen-bond donors (Lipinski definition) is 1. The number of hydrogen-bond acceptors (Lipinski definition) is 1. The summed E-state index contributed by atoms with van der Waals surface area (Å²) in [5.41, 5.74) is 2.70. The molecule has 0 fully saturated rings. The van der Waals surface area contributed by atoms with Crippen molar-refractivity contribution < 1.29 is 0 Å². The van der Waals surface area contributed by atoms with Crippen LogP contribution in [0.15, 0.2) is 53.0 Å². The highest BCUT2D eigenvalue weighted by Crippen LogP contribution is 2.24. The molecule has 2 aromatic rings. The summed E-state index contributed by atoms with van der Waals surface area (Å²) in [5.74, 6) is 0. The van der Waals surface area contributed by atoms with Crippen molar-refractivity contribution in [3.8, 4) is 0 Å². The van der Waals surface area contributed by atoms with Crippen LogP contribution < -0.4 is 5.32 Å². The highest BCUT2D eigenvalue weighted by molar-refractivity contribution is 14.1. The third-order valence-corrected chi connectivity index (χ3v) is 4.43. The molecule has 0 amide bonds. The summed E-state index contributed by atoms with van der Waals surface area (Å²) in [6.45, 7) is 0. The second-order valence-corrected chi connectivity index (χ2v) is 6.27. The van der Waals surface area contributed by atoms with Crippen LogP contribution in [0.1, 0.15) is 17.2 Å². The SMILES string of the molecule is CNC(Cc1cccc(Br)c1)c1ccccc1I. The van der Waals surface area contributed by atoms with E-state index in [1.807, 2.05) is 7.05 Å². The lowest BCUT2D eigenvalue weighted by molar-refractivity contribution is 0.589. The zero-order chi connectivity index (χ0) is 13.0. The van der Waals surface area contributed by atoms with Crippen molar-refractivity contribution in [3.05, 3.63) is 67.7 Å². The smallest absolute Gasteiger partial charge is 0.0368 e. The van der Waals surface area contributed by atoms with Gasteiger partial charge in [-0.3, -0.25) is 0 Å². The Kier molecular flexibility index (Phi) is 5.21. The summed E-state index contributed by atoms with van der Waals surface area (Å²) in [6.07, 6.45) is 0.996. The van der Waals surface area contributed by atoms with Crippen molar-refractivity contribution in [3.63, 3.8) is 0 Å². The molecule has 0 aliphatic heterocycles. The van der Waals surface area contributed by atoms with Crippen LogP contribution in [0.2, 0.25) is 0 Å². The van der Waals surface area contributed by atoms with Crippen LogP contribution in [0.4, 0.5) is 0 Å². The maximum absolute atomic E-state index is 3.52. The minimum absolute atomic E-state index is 0.354. The topological polar surface area (TPSA) is 12.0 Å². The predicted molar refractivity (Wildman–Crippen MR) is 88.8 cm³/mol. The van der Waals surface area contributed by atoms with Crippen LogP contribution >= 0.6 is 38.5 Å². The fourth-order valence-electron chi connectivity index (χ4n) is 2.02. The summed E-state index contributed by atoms with van der Waals surface area (Å²) < 4.78 is 2.45. The van der Waals surface area contributed by atoms with Gasteiger partial charge in [0.05, 0.1) is 0 Å². The third-order valence-electron chi connectivity index (χ3n) is 2.96.